The highest BCUT2D eigenvalue weighted by atomic mass is 28.4. The number of rotatable bonds is 18. The van der Waals surface area contributed by atoms with Gasteiger partial charge in [0.25, 0.3) is 0 Å². The standard InChI is InChI=1S/C30H38N6O4Si.C24H24N6O4.C4H8O/c1-30(2,3)41(5,6)40-25-15-11-22(12-16-25)20-36-28(37)34-27(33-18-23-8-7-17-32-26(23)31)35(29(36)38)19-21-9-13-24(39-4)14-10-21;1-34-20-10-6-17(7-11-20)14-29-22(27-13-18-3-2-12-26-21(18)25)28-23(32)30(24(29)33)15-16-4-8-19(31)9-5-16;1-2-4-5-3-1/h7-17H,18-20H2,1-6H3,(H2,31,32)(H,33,34,37);2-12,31H,13-15H2,1H3,(H2,25,26)(H,27,28,32);1-4H2. The Labute approximate surface area is 464 Å². The van der Waals surface area contributed by atoms with Gasteiger partial charge in [0.2, 0.25) is 20.2 Å². The number of anilines is 4. The van der Waals surface area contributed by atoms with Crippen molar-refractivity contribution < 1.29 is 23.7 Å². The van der Waals surface area contributed by atoms with E-state index in [1.54, 1.807) is 69.1 Å². The smallest absolute Gasteiger partial charge is 0.355 e. The predicted octanol–water partition coefficient (Wildman–Crippen LogP) is 7.09. The van der Waals surface area contributed by atoms with Gasteiger partial charge in [-0.3, -0.25) is 9.13 Å². The van der Waals surface area contributed by atoms with Crippen molar-refractivity contribution in [1.82, 2.24) is 38.2 Å². The van der Waals surface area contributed by atoms with Crippen molar-refractivity contribution in [3.63, 3.8) is 0 Å². The van der Waals surface area contributed by atoms with Crippen LogP contribution in [0.15, 0.2) is 153 Å². The Hall–Kier alpha value is -9.02. The number of phenols is 1. The molecule has 0 unspecified atom stereocenters. The van der Waals surface area contributed by atoms with Crippen molar-refractivity contribution in [2.45, 2.75) is 91.0 Å². The number of aromatic hydroxyl groups is 1. The predicted molar refractivity (Wildman–Crippen MR) is 312 cm³/mol. The molecule has 1 saturated heterocycles. The van der Waals surface area contributed by atoms with E-state index in [9.17, 15) is 24.3 Å². The number of nitrogen functional groups attached to an aromatic ring is 2. The highest BCUT2D eigenvalue weighted by Crippen LogP contribution is 2.37. The molecule has 8 aromatic rings. The summed E-state index contributed by atoms with van der Waals surface area (Å²) >= 11 is 0. The van der Waals surface area contributed by atoms with Crippen LogP contribution in [-0.2, 0) is 44.0 Å². The van der Waals surface area contributed by atoms with Crippen molar-refractivity contribution in [3.05, 3.63) is 209 Å². The monoisotopic (exact) mass is 1110 g/mol. The van der Waals surface area contributed by atoms with Gasteiger partial charge in [0.05, 0.1) is 40.4 Å². The van der Waals surface area contributed by atoms with Crippen LogP contribution in [0, 0.1) is 0 Å². The van der Waals surface area contributed by atoms with Gasteiger partial charge >= 0.3 is 22.8 Å². The van der Waals surface area contributed by atoms with Crippen molar-refractivity contribution in [3.8, 4) is 23.0 Å². The van der Waals surface area contributed by atoms with Crippen LogP contribution in [-0.4, -0.2) is 79.1 Å². The summed E-state index contributed by atoms with van der Waals surface area (Å²) in [7, 11) is 1.18. The van der Waals surface area contributed by atoms with Crippen LogP contribution in [0.25, 0.3) is 0 Å². The van der Waals surface area contributed by atoms with Gasteiger partial charge < -0.3 is 45.8 Å². The maximum absolute atomic E-state index is 13.8. The lowest BCUT2D eigenvalue weighted by Crippen LogP contribution is -2.44. The zero-order valence-electron chi connectivity index (χ0n) is 46.2. The Balaban J connectivity index is 0.000000215. The molecule has 9 rings (SSSR count). The lowest BCUT2D eigenvalue weighted by molar-refractivity contribution is 0.198. The van der Waals surface area contributed by atoms with Crippen LogP contribution >= 0.6 is 0 Å². The number of hydrogen-bond acceptors (Lipinski definition) is 17. The molecule has 0 aliphatic carbocycles. The van der Waals surface area contributed by atoms with E-state index in [4.69, 9.17) is 30.1 Å². The third-order valence-corrected chi connectivity index (χ3v) is 17.9. The number of nitrogens with zero attached hydrogens (tertiary/aromatic N) is 8. The fraction of sp³-hybridized carbons (Fsp3) is 0.310. The second kappa shape index (κ2) is 27.0. The molecule has 7 N–H and O–H groups in total. The quantitative estimate of drug-likeness (QED) is 0.0537. The molecule has 4 aromatic carbocycles. The summed E-state index contributed by atoms with van der Waals surface area (Å²) in [5.74, 6) is 3.24. The van der Waals surface area contributed by atoms with Crippen LogP contribution in [0.5, 0.6) is 23.0 Å². The van der Waals surface area contributed by atoms with Crippen LogP contribution in [0.3, 0.4) is 0 Å². The normalized spacial score (nSPS) is 12.1. The van der Waals surface area contributed by atoms with Crippen molar-refractivity contribution in [2.24, 2.45) is 0 Å². The van der Waals surface area contributed by atoms with Gasteiger partial charge in [-0.15, -0.1) is 0 Å². The maximum Gasteiger partial charge on any atom is 0.355 e. The van der Waals surface area contributed by atoms with Gasteiger partial charge in [-0.2, -0.15) is 9.97 Å². The van der Waals surface area contributed by atoms with Gasteiger partial charge in [-0.05, 0) is 114 Å². The van der Waals surface area contributed by atoms with E-state index in [0.29, 0.717) is 34.3 Å². The number of benzene rings is 4. The molecule has 1 aliphatic rings. The summed E-state index contributed by atoms with van der Waals surface area (Å²) in [6, 6.07) is 35.6. The van der Waals surface area contributed by atoms with Gasteiger partial charge in [-0.25, -0.2) is 38.3 Å². The number of nitrogens with two attached hydrogens (primary N) is 2. The van der Waals surface area contributed by atoms with Crippen molar-refractivity contribution in [1.29, 1.82) is 0 Å². The summed E-state index contributed by atoms with van der Waals surface area (Å²) in [5.41, 5.74) is 14.1. The summed E-state index contributed by atoms with van der Waals surface area (Å²) in [6.45, 7) is 13.9. The Morgan fingerprint density at radius 3 is 1.26 bits per heavy atom. The van der Waals surface area contributed by atoms with E-state index in [-0.39, 0.29) is 62.0 Å². The van der Waals surface area contributed by atoms with Crippen LogP contribution in [0.4, 0.5) is 23.5 Å². The molecule has 420 valence electrons. The molecule has 0 spiro atoms. The maximum atomic E-state index is 13.8. The second-order valence-corrected chi connectivity index (χ2v) is 25.1. The Kier molecular flexibility index (Phi) is 19.8. The molecule has 0 saturated carbocycles. The lowest BCUT2D eigenvalue weighted by atomic mass is 10.2. The minimum Gasteiger partial charge on any atom is -0.544 e. The van der Waals surface area contributed by atoms with Crippen molar-refractivity contribution in [2.75, 3.05) is 49.5 Å². The number of pyridine rings is 2. The summed E-state index contributed by atoms with van der Waals surface area (Å²) in [6.07, 6.45) is 5.74. The van der Waals surface area contributed by atoms with E-state index >= 15 is 0 Å². The molecule has 0 atom stereocenters. The molecule has 1 aliphatic heterocycles. The molecule has 5 heterocycles. The van der Waals surface area contributed by atoms with Crippen molar-refractivity contribution >= 4 is 31.8 Å². The van der Waals surface area contributed by atoms with Gasteiger partial charge in [-0.1, -0.05) is 81.4 Å². The zero-order chi connectivity index (χ0) is 57.4. The van der Waals surface area contributed by atoms with Gasteiger partial charge in [0.15, 0.2) is 0 Å². The van der Waals surface area contributed by atoms with Crippen LogP contribution in [0.1, 0.15) is 67.0 Å². The first-order chi connectivity index (χ1) is 38.3. The molecule has 80 heavy (non-hydrogen) atoms. The van der Waals surface area contributed by atoms with E-state index in [1.165, 1.54) is 34.1 Å². The first-order valence-electron chi connectivity index (χ1n) is 26.0. The Bertz CT molecular complexity index is 3550. The first kappa shape index (κ1) is 58.7. The molecule has 0 amide bonds. The molecule has 4 aromatic heterocycles. The van der Waals surface area contributed by atoms with E-state index in [1.807, 2.05) is 66.7 Å². The average molecular weight is 1110 g/mol. The third-order valence-electron chi connectivity index (χ3n) is 13.6. The Morgan fingerprint density at radius 1 is 0.562 bits per heavy atom. The minimum atomic E-state index is -1.99. The summed E-state index contributed by atoms with van der Waals surface area (Å²) in [4.78, 5) is 69.6. The number of nitrogens with one attached hydrogen (secondary N) is 2. The summed E-state index contributed by atoms with van der Waals surface area (Å²) in [5, 5.41) is 15.7. The van der Waals surface area contributed by atoms with Gasteiger partial charge in [0, 0.05) is 49.8 Å². The van der Waals surface area contributed by atoms with Crippen LogP contribution in [0.2, 0.25) is 18.1 Å². The largest absolute Gasteiger partial charge is 0.544 e. The van der Waals surface area contributed by atoms with E-state index in [0.717, 1.165) is 50.4 Å². The molecule has 21 nitrogen and oxygen atoms in total. The van der Waals surface area contributed by atoms with Gasteiger partial charge in [0.1, 0.15) is 34.6 Å². The molecule has 0 radical (unpaired) electrons. The van der Waals surface area contributed by atoms with E-state index < -0.39 is 31.1 Å². The number of ether oxygens (including phenoxy) is 3. The average Bonchev–Trinajstić information content (AvgIpc) is 4.07. The number of phenolic OH excluding ortho intramolecular Hbond substituents is 1. The second-order valence-electron chi connectivity index (χ2n) is 20.3. The first-order valence-corrected chi connectivity index (χ1v) is 28.9. The molecule has 1 fully saturated rings. The molecule has 22 heteroatoms. The number of hydrogen-bond donors (Lipinski definition) is 5. The third kappa shape index (κ3) is 15.8. The molecule has 0 bridgehead atoms. The molecular formula is C58H70N12O9Si. The SMILES string of the molecule is C1CCOC1.COc1ccc(Cn2c(NCc3cccnc3N)nc(=O)n(Cc3ccc(O)cc3)c2=O)cc1.COc1ccc(Cn2c(NCc3cccnc3N)nc(=O)n(Cc3ccc(O[Si](C)(C)C(C)(C)C)cc3)c2=O)cc1. The highest BCUT2D eigenvalue weighted by Gasteiger charge is 2.39. The molecular weight excluding hydrogens is 1040 g/mol. The Morgan fingerprint density at radius 2 is 0.925 bits per heavy atom. The summed E-state index contributed by atoms with van der Waals surface area (Å²) < 4.78 is 26.8. The van der Waals surface area contributed by atoms with Crippen LogP contribution < -0.4 is 58.8 Å². The minimum absolute atomic E-state index is 0.0173. The lowest BCUT2D eigenvalue weighted by Gasteiger charge is -2.36. The number of aromatic nitrogens is 8. The van der Waals surface area contributed by atoms with E-state index in [2.05, 4.69) is 64.4 Å². The number of methoxy groups -OCH3 is 2. The topological polar surface area (TPSA) is 273 Å². The fourth-order valence-corrected chi connectivity index (χ4v) is 8.88. The highest BCUT2D eigenvalue weighted by molar-refractivity contribution is 6.74. The fourth-order valence-electron chi connectivity index (χ4n) is 7.85. The zero-order valence-corrected chi connectivity index (χ0v) is 47.2.